The van der Waals surface area contributed by atoms with E-state index in [0.717, 1.165) is 44.4 Å². The van der Waals surface area contributed by atoms with E-state index in [1.807, 2.05) is 18.2 Å². The van der Waals surface area contributed by atoms with Crippen LogP contribution in [0.2, 0.25) is 0 Å². The predicted molar refractivity (Wildman–Crippen MR) is 147 cm³/mol. The molecular formula is C29H29F2N7O3. The van der Waals surface area contributed by atoms with Gasteiger partial charge in [-0.25, -0.2) is 18.9 Å². The second-order valence-corrected chi connectivity index (χ2v) is 10.1. The molecule has 2 N–H and O–H groups in total. The molecule has 0 bridgehead atoms. The van der Waals surface area contributed by atoms with E-state index in [2.05, 4.69) is 43.0 Å². The molecule has 3 aromatic heterocycles. The van der Waals surface area contributed by atoms with Crippen LogP contribution in [0.3, 0.4) is 0 Å². The van der Waals surface area contributed by atoms with Gasteiger partial charge < -0.3 is 10.1 Å². The van der Waals surface area contributed by atoms with Crippen molar-refractivity contribution in [3.63, 3.8) is 0 Å². The molecule has 1 atom stereocenters. The zero-order valence-electron chi connectivity index (χ0n) is 22.6. The molecule has 1 aliphatic carbocycles. The highest BCUT2D eigenvalue weighted by molar-refractivity contribution is 5.96. The fourth-order valence-electron chi connectivity index (χ4n) is 4.84. The number of nitrogens with one attached hydrogen (secondary N) is 2. The molecule has 4 aromatic rings. The molecule has 0 aliphatic heterocycles. The molecule has 0 spiro atoms. The Morgan fingerprint density at radius 1 is 1.07 bits per heavy atom. The Kier molecular flexibility index (Phi) is 7.99. The van der Waals surface area contributed by atoms with Gasteiger partial charge in [-0.1, -0.05) is 42.0 Å². The van der Waals surface area contributed by atoms with E-state index in [1.54, 1.807) is 19.2 Å². The number of benzene rings is 1. The molecule has 212 valence electrons. The Hall–Kier alpha value is -4.74. The van der Waals surface area contributed by atoms with Crippen LogP contribution >= 0.6 is 0 Å². The molecule has 1 saturated carbocycles. The number of halogens is 2. The molecule has 1 fully saturated rings. The van der Waals surface area contributed by atoms with E-state index in [4.69, 9.17) is 4.74 Å². The van der Waals surface area contributed by atoms with Crippen molar-refractivity contribution < 1.29 is 23.1 Å². The lowest BCUT2D eigenvalue weighted by Gasteiger charge is -2.40. The van der Waals surface area contributed by atoms with E-state index in [9.17, 15) is 18.4 Å². The first-order valence-corrected chi connectivity index (χ1v) is 13.2. The van der Waals surface area contributed by atoms with E-state index >= 15 is 0 Å². The Morgan fingerprint density at radius 2 is 1.85 bits per heavy atom. The maximum absolute atomic E-state index is 14.0. The smallest absolute Gasteiger partial charge is 0.413 e. The van der Waals surface area contributed by atoms with Crippen molar-refractivity contribution in [2.24, 2.45) is 12.5 Å². The Balaban J connectivity index is 1.23. The number of carbonyl (C=O) groups excluding carboxylic acids is 2. The summed E-state index contributed by atoms with van der Waals surface area (Å²) in [6.07, 6.45) is 4.55. The van der Waals surface area contributed by atoms with E-state index < -0.39 is 29.4 Å². The van der Waals surface area contributed by atoms with Crippen LogP contribution < -0.4 is 10.6 Å². The van der Waals surface area contributed by atoms with Gasteiger partial charge in [0.05, 0.1) is 29.3 Å². The number of aryl methyl sites for hydroxylation is 2. The lowest BCUT2D eigenvalue weighted by molar-refractivity contribution is -0.130. The zero-order chi connectivity index (χ0) is 29.0. The number of anilines is 2. The highest BCUT2D eigenvalue weighted by Crippen LogP contribution is 2.45. The number of ether oxygens (including phenoxy) is 1. The van der Waals surface area contributed by atoms with Gasteiger partial charge in [0, 0.05) is 12.5 Å². The summed E-state index contributed by atoms with van der Waals surface area (Å²) in [5.74, 6) is -1.53. The molecule has 0 unspecified atom stereocenters. The number of hydrogen-bond acceptors (Lipinski definition) is 7. The molecule has 3 heterocycles. The minimum atomic E-state index is -1.12. The number of nitrogens with zero attached hydrogens (tertiary/aromatic N) is 5. The maximum atomic E-state index is 14.0. The van der Waals surface area contributed by atoms with Crippen molar-refractivity contribution in [2.75, 3.05) is 10.6 Å². The molecule has 5 rings (SSSR count). The Bertz CT molecular complexity index is 1540. The van der Waals surface area contributed by atoms with Crippen LogP contribution in [0.4, 0.5) is 25.1 Å². The molecule has 1 aromatic carbocycles. The quantitative estimate of drug-likeness (QED) is 0.255. The van der Waals surface area contributed by atoms with Crippen molar-refractivity contribution in [3.8, 4) is 11.4 Å². The van der Waals surface area contributed by atoms with Crippen LogP contribution in [0.1, 0.15) is 49.8 Å². The van der Waals surface area contributed by atoms with Crippen molar-refractivity contribution in [2.45, 2.75) is 45.1 Å². The molecule has 12 heteroatoms. The Labute approximate surface area is 235 Å². The third-order valence-corrected chi connectivity index (χ3v) is 7.39. The van der Waals surface area contributed by atoms with Gasteiger partial charge in [-0.05, 0) is 56.4 Å². The number of amides is 2. The van der Waals surface area contributed by atoms with Gasteiger partial charge in [0.15, 0.2) is 11.5 Å². The maximum Gasteiger partial charge on any atom is 0.413 e. The fourth-order valence-corrected chi connectivity index (χ4v) is 4.84. The third-order valence-electron chi connectivity index (χ3n) is 7.39. The summed E-state index contributed by atoms with van der Waals surface area (Å²) in [7, 11) is 1.56. The van der Waals surface area contributed by atoms with Gasteiger partial charge in [-0.2, -0.15) is 4.39 Å². The normalized spacial score (nSPS) is 14.5. The Morgan fingerprint density at radius 3 is 2.54 bits per heavy atom. The summed E-state index contributed by atoms with van der Waals surface area (Å²) in [6.45, 7) is 1.39. The molecule has 1 aliphatic rings. The third kappa shape index (κ3) is 6.21. The van der Waals surface area contributed by atoms with Gasteiger partial charge >= 0.3 is 6.09 Å². The van der Waals surface area contributed by atoms with Gasteiger partial charge in [-0.3, -0.25) is 15.1 Å². The summed E-state index contributed by atoms with van der Waals surface area (Å²) in [4.78, 5) is 33.5. The number of carbonyl (C=O) groups is 2. The topological polar surface area (TPSA) is 124 Å². The minimum Gasteiger partial charge on any atom is -0.441 e. The molecule has 41 heavy (non-hydrogen) atoms. The molecule has 2 amide bonds. The first-order chi connectivity index (χ1) is 19.7. The van der Waals surface area contributed by atoms with Crippen molar-refractivity contribution >= 4 is 23.5 Å². The monoisotopic (exact) mass is 561 g/mol. The number of hydrogen-bond donors (Lipinski definition) is 2. The van der Waals surface area contributed by atoms with Crippen LogP contribution in [0.15, 0.2) is 60.9 Å². The summed E-state index contributed by atoms with van der Waals surface area (Å²) >= 11 is 0. The summed E-state index contributed by atoms with van der Waals surface area (Å²) < 4.78 is 34.0. The second-order valence-electron chi connectivity index (χ2n) is 10.1. The molecule has 0 saturated heterocycles. The highest BCUT2D eigenvalue weighted by atomic mass is 19.1. The zero-order valence-corrected chi connectivity index (χ0v) is 22.6. The first-order valence-electron chi connectivity index (χ1n) is 13.2. The van der Waals surface area contributed by atoms with E-state index in [1.165, 1.54) is 23.4 Å². The van der Waals surface area contributed by atoms with Gasteiger partial charge in [0.25, 0.3) is 0 Å². The van der Waals surface area contributed by atoms with Crippen LogP contribution in [0.5, 0.6) is 0 Å². The van der Waals surface area contributed by atoms with E-state index in [-0.39, 0.29) is 23.0 Å². The van der Waals surface area contributed by atoms with Crippen LogP contribution in [0, 0.1) is 17.2 Å². The largest absolute Gasteiger partial charge is 0.441 e. The van der Waals surface area contributed by atoms with Crippen molar-refractivity contribution in [1.82, 2.24) is 25.0 Å². The van der Waals surface area contributed by atoms with Crippen LogP contribution in [-0.2, 0) is 23.0 Å². The first kappa shape index (κ1) is 27.8. The van der Waals surface area contributed by atoms with Gasteiger partial charge in [-0.15, -0.1) is 5.10 Å². The fraction of sp³-hybridized carbons (Fsp3) is 0.310. The number of pyridine rings is 2. The lowest BCUT2D eigenvalue weighted by Crippen LogP contribution is -2.42. The van der Waals surface area contributed by atoms with E-state index in [0.29, 0.717) is 11.4 Å². The van der Waals surface area contributed by atoms with Crippen LogP contribution in [0.25, 0.3) is 11.4 Å². The lowest BCUT2D eigenvalue weighted by atomic mass is 9.65. The average molecular weight is 562 g/mol. The second kappa shape index (κ2) is 11.8. The van der Waals surface area contributed by atoms with Crippen molar-refractivity contribution in [1.29, 1.82) is 0 Å². The number of aromatic nitrogens is 5. The molecule has 10 nitrogen and oxygen atoms in total. The summed E-state index contributed by atoms with van der Waals surface area (Å²) in [6, 6.07) is 14.4. The van der Waals surface area contributed by atoms with Gasteiger partial charge in [0.2, 0.25) is 11.9 Å². The molecule has 0 radical (unpaired) electrons. The number of rotatable bonds is 9. The minimum absolute atomic E-state index is 0.0158. The molecular weight excluding hydrogens is 532 g/mol. The van der Waals surface area contributed by atoms with Crippen molar-refractivity contribution in [3.05, 3.63) is 83.8 Å². The summed E-state index contributed by atoms with van der Waals surface area (Å²) in [5, 5.41) is 13.6. The summed E-state index contributed by atoms with van der Waals surface area (Å²) in [5.41, 5.74) is 1.81. The SMILES string of the molecule is C[C@@H](OC(=O)Nc1c(-c2ccc(NC(=O)C3(CCc4ccccc4)CCC3)cn2)nnn1C)c1cc(F)cnc1F. The average Bonchev–Trinajstić information content (AvgIpc) is 3.29. The standard InChI is InChI=1S/C29H29F2N7O3/c1-18(22-15-20(30)16-33-25(22)31)41-28(40)35-26-24(36-37-38(26)2)23-10-9-21(17-32-23)34-27(39)29(12-6-13-29)14-11-19-7-4-3-5-8-19/h3-5,7-10,15-18H,6,11-14H2,1-2H3,(H,34,39)(H,35,40)/t18-/m1/s1. The van der Waals surface area contributed by atoms with Crippen LogP contribution in [-0.4, -0.2) is 37.0 Å². The highest BCUT2D eigenvalue weighted by Gasteiger charge is 2.43. The predicted octanol–water partition coefficient (Wildman–Crippen LogP) is 5.60. The van der Waals surface area contributed by atoms with Gasteiger partial charge in [0.1, 0.15) is 11.9 Å².